The van der Waals surface area contributed by atoms with Gasteiger partial charge in [0.25, 0.3) is 11.5 Å². The van der Waals surface area contributed by atoms with Crippen molar-refractivity contribution in [1.29, 1.82) is 0 Å². The van der Waals surface area contributed by atoms with E-state index in [1.807, 2.05) is 19.9 Å². The number of anilines is 1. The lowest BCUT2D eigenvalue weighted by Gasteiger charge is -2.26. The first-order valence-corrected chi connectivity index (χ1v) is 10.2. The highest BCUT2D eigenvalue weighted by molar-refractivity contribution is 6.03. The number of aromatic nitrogens is 1. The predicted octanol–water partition coefficient (Wildman–Crippen LogP) is 3.59. The van der Waals surface area contributed by atoms with Crippen LogP contribution in [0, 0.1) is 0 Å². The van der Waals surface area contributed by atoms with Crippen LogP contribution in [0.1, 0.15) is 37.2 Å². The highest BCUT2D eigenvalue weighted by atomic mass is 16.5. The maximum Gasteiger partial charge on any atom is 0.264 e. The molecule has 1 atom stereocenters. The summed E-state index contributed by atoms with van der Waals surface area (Å²) in [5.74, 6) is 0.833. The number of Topliss-reactive ketones (excluding diaryl/α,β-unsaturated/α-hetero) is 1. The van der Waals surface area contributed by atoms with E-state index in [0.29, 0.717) is 28.1 Å². The summed E-state index contributed by atoms with van der Waals surface area (Å²) < 4.78 is 12.5. The third-order valence-corrected chi connectivity index (χ3v) is 5.40. The van der Waals surface area contributed by atoms with Crippen molar-refractivity contribution >= 4 is 28.2 Å². The van der Waals surface area contributed by atoms with Crippen molar-refractivity contribution in [2.45, 2.75) is 32.9 Å². The summed E-state index contributed by atoms with van der Waals surface area (Å²) in [5.41, 5.74) is 0.699. The fourth-order valence-corrected chi connectivity index (χ4v) is 3.68. The van der Waals surface area contributed by atoms with Gasteiger partial charge in [-0.3, -0.25) is 14.4 Å². The Kier molecular flexibility index (Phi) is 5.27. The number of carbonyl (C=O) groups is 2. The van der Waals surface area contributed by atoms with Crippen molar-refractivity contribution in [1.82, 2.24) is 4.57 Å². The fourth-order valence-electron chi connectivity index (χ4n) is 3.68. The van der Waals surface area contributed by atoms with Crippen molar-refractivity contribution in [3.05, 3.63) is 64.6 Å². The molecule has 0 aliphatic carbocycles. The zero-order chi connectivity index (χ0) is 22.3. The topological polar surface area (TPSA) is 77.8 Å². The van der Waals surface area contributed by atoms with E-state index in [0.717, 1.165) is 5.39 Å². The Bertz CT molecular complexity index is 1240. The van der Waals surface area contributed by atoms with Gasteiger partial charge in [-0.2, -0.15) is 0 Å². The van der Waals surface area contributed by atoms with E-state index in [9.17, 15) is 14.4 Å². The van der Waals surface area contributed by atoms with Gasteiger partial charge in [0, 0.05) is 24.2 Å². The molecule has 0 spiro atoms. The standard InChI is InChI=1S/C24H24N2O5/c1-14(2)31-18-6-7-19-16(11-18)9-10-26(24(19)29)15(3)23(28)17-5-8-21-20(12-17)25(4)22(27)13-30-21/h5-12,14-15H,13H2,1-4H3. The molecule has 1 aliphatic heterocycles. The third kappa shape index (κ3) is 3.79. The maximum absolute atomic E-state index is 13.2. The number of benzene rings is 2. The number of pyridine rings is 1. The van der Waals surface area contributed by atoms with Gasteiger partial charge in [0.2, 0.25) is 0 Å². The molecule has 2 aromatic carbocycles. The monoisotopic (exact) mass is 420 g/mol. The van der Waals surface area contributed by atoms with E-state index < -0.39 is 6.04 Å². The summed E-state index contributed by atoms with van der Waals surface area (Å²) in [6.07, 6.45) is 1.66. The molecule has 0 fully saturated rings. The number of hydrogen-bond donors (Lipinski definition) is 0. The van der Waals surface area contributed by atoms with E-state index in [-0.39, 0.29) is 30.0 Å². The molecule has 0 radical (unpaired) electrons. The zero-order valence-corrected chi connectivity index (χ0v) is 17.9. The van der Waals surface area contributed by atoms with E-state index in [1.54, 1.807) is 56.6 Å². The number of likely N-dealkylation sites (N-methyl/N-ethyl adjacent to an activating group) is 1. The van der Waals surface area contributed by atoms with Crippen molar-refractivity contribution in [3.63, 3.8) is 0 Å². The molecule has 31 heavy (non-hydrogen) atoms. The Labute approximate surface area is 179 Å². The number of rotatable bonds is 5. The third-order valence-electron chi connectivity index (χ3n) is 5.40. The second kappa shape index (κ2) is 7.91. The van der Waals surface area contributed by atoms with Crippen LogP contribution in [0.2, 0.25) is 0 Å². The molecule has 7 heteroatoms. The lowest BCUT2D eigenvalue weighted by atomic mass is 10.0. The van der Waals surface area contributed by atoms with E-state index in [2.05, 4.69) is 0 Å². The minimum Gasteiger partial charge on any atom is -0.491 e. The van der Waals surface area contributed by atoms with Crippen LogP contribution < -0.4 is 19.9 Å². The molecular formula is C24H24N2O5. The molecule has 4 rings (SSSR count). The lowest BCUT2D eigenvalue weighted by Crippen LogP contribution is -2.35. The van der Waals surface area contributed by atoms with Gasteiger partial charge >= 0.3 is 0 Å². The Morgan fingerprint density at radius 1 is 1.06 bits per heavy atom. The van der Waals surface area contributed by atoms with Crippen LogP contribution in [0.15, 0.2) is 53.5 Å². The van der Waals surface area contributed by atoms with Gasteiger partial charge in [-0.1, -0.05) is 0 Å². The van der Waals surface area contributed by atoms with Crippen LogP contribution >= 0.6 is 0 Å². The lowest BCUT2D eigenvalue weighted by molar-refractivity contribution is -0.120. The maximum atomic E-state index is 13.2. The van der Waals surface area contributed by atoms with E-state index >= 15 is 0 Å². The van der Waals surface area contributed by atoms with Crippen LogP contribution in [0.4, 0.5) is 5.69 Å². The first-order chi connectivity index (χ1) is 14.8. The summed E-state index contributed by atoms with van der Waals surface area (Å²) in [6.45, 7) is 5.55. The van der Waals surface area contributed by atoms with E-state index in [1.165, 1.54) is 9.47 Å². The van der Waals surface area contributed by atoms with Gasteiger partial charge < -0.3 is 18.9 Å². The number of nitrogens with zero attached hydrogens (tertiary/aromatic N) is 2. The van der Waals surface area contributed by atoms with Gasteiger partial charge in [-0.05, 0) is 68.6 Å². The number of carbonyl (C=O) groups excluding carboxylic acids is 2. The summed E-state index contributed by atoms with van der Waals surface area (Å²) in [5, 5.41) is 1.27. The van der Waals surface area contributed by atoms with Gasteiger partial charge in [0.1, 0.15) is 11.5 Å². The molecule has 0 saturated heterocycles. The summed E-state index contributed by atoms with van der Waals surface area (Å²) in [4.78, 5) is 39.6. The number of ketones is 1. The number of hydrogen-bond acceptors (Lipinski definition) is 5. The Morgan fingerprint density at radius 3 is 2.58 bits per heavy atom. The first kappa shape index (κ1) is 20.7. The summed E-state index contributed by atoms with van der Waals surface area (Å²) >= 11 is 0. The molecule has 1 aliphatic rings. The summed E-state index contributed by atoms with van der Waals surface area (Å²) in [6, 6.07) is 11.4. The molecule has 0 bridgehead atoms. The highest BCUT2D eigenvalue weighted by Gasteiger charge is 2.25. The van der Waals surface area contributed by atoms with Crippen LogP contribution in [-0.4, -0.2) is 36.0 Å². The van der Waals surface area contributed by atoms with Gasteiger partial charge in [-0.25, -0.2) is 0 Å². The smallest absolute Gasteiger partial charge is 0.264 e. The fraction of sp³-hybridized carbons (Fsp3) is 0.292. The van der Waals surface area contributed by atoms with Gasteiger partial charge in [0.15, 0.2) is 12.4 Å². The number of ether oxygens (including phenoxy) is 2. The van der Waals surface area contributed by atoms with Gasteiger partial charge in [-0.15, -0.1) is 0 Å². The predicted molar refractivity (Wildman–Crippen MR) is 118 cm³/mol. The van der Waals surface area contributed by atoms with Crippen molar-refractivity contribution in [2.24, 2.45) is 0 Å². The molecule has 1 unspecified atom stereocenters. The van der Waals surface area contributed by atoms with Crippen molar-refractivity contribution < 1.29 is 19.1 Å². The van der Waals surface area contributed by atoms with Crippen molar-refractivity contribution in [2.75, 3.05) is 18.6 Å². The molecule has 0 saturated carbocycles. The second-order valence-electron chi connectivity index (χ2n) is 7.91. The highest BCUT2D eigenvalue weighted by Crippen LogP contribution is 2.33. The molecule has 0 N–H and O–H groups in total. The quantitative estimate of drug-likeness (QED) is 0.590. The van der Waals surface area contributed by atoms with E-state index in [4.69, 9.17) is 9.47 Å². The van der Waals surface area contributed by atoms with Crippen LogP contribution in [0.5, 0.6) is 11.5 Å². The summed E-state index contributed by atoms with van der Waals surface area (Å²) in [7, 11) is 1.65. The number of fused-ring (bicyclic) bond motifs is 2. The van der Waals surface area contributed by atoms with Crippen molar-refractivity contribution in [3.8, 4) is 11.5 Å². The second-order valence-corrected chi connectivity index (χ2v) is 7.91. The van der Waals surface area contributed by atoms with Crippen LogP contribution in [0.25, 0.3) is 10.8 Å². The average Bonchev–Trinajstić information content (AvgIpc) is 2.75. The SMILES string of the molecule is CC(C)Oc1ccc2c(=O)n(C(C)C(=O)c3ccc4c(c3)N(C)C(=O)CO4)ccc2c1. The molecule has 160 valence electrons. The molecule has 7 nitrogen and oxygen atoms in total. The Hall–Kier alpha value is -3.61. The molecule has 3 aromatic rings. The largest absolute Gasteiger partial charge is 0.491 e. The minimum atomic E-state index is -0.716. The number of amides is 1. The molecule has 1 aromatic heterocycles. The van der Waals surface area contributed by atoms with Gasteiger partial charge in [0.05, 0.1) is 17.8 Å². The normalized spacial score (nSPS) is 14.4. The average molecular weight is 420 g/mol. The Morgan fingerprint density at radius 2 is 1.84 bits per heavy atom. The first-order valence-electron chi connectivity index (χ1n) is 10.2. The van der Waals surface area contributed by atoms with Crippen LogP contribution in [0.3, 0.4) is 0 Å². The van der Waals surface area contributed by atoms with Crippen LogP contribution in [-0.2, 0) is 4.79 Å². The molecular weight excluding hydrogens is 396 g/mol. The zero-order valence-electron chi connectivity index (χ0n) is 17.9. The Balaban J connectivity index is 1.67. The molecule has 1 amide bonds. The molecule has 2 heterocycles. The minimum absolute atomic E-state index is 0.0242.